The lowest BCUT2D eigenvalue weighted by Crippen LogP contribution is -2.08. The van der Waals surface area contributed by atoms with Gasteiger partial charge < -0.3 is 19.7 Å². The van der Waals surface area contributed by atoms with Gasteiger partial charge in [-0.05, 0) is 79.4 Å². The van der Waals surface area contributed by atoms with Crippen molar-refractivity contribution in [3.8, 4) is 23.0 Å². The average molecular weight is 565 g/mol. The summed E-state index contributed by atoms with van der Waals surface area (Å²) < 4.78 is 35.6. The number of methoxy groups -OCH3 is 1. The number of aromatic hydroxyl groups is 2. The number of carbonyl (C=O) groups excluding carboxylic acids is 2. The molecule has 0 aliphatic heterocycles. The second-order valence-electron chi connectivity index (χ2n) is 9.12. The predicted octanol–water partition coefficient (Wildman–Crippen LogP) is 5.30. The molecular formula is C31H32O8S. The summed E-state index contributed by atoms with van der Waals surface area (Å²) in [6, 6.07) is 15.9. The molecule has 0 atom stereocenters. The summed E-state index contributed by atoms with van der Waals surface area (Å²) in [5.74, 6) is -0.409. The molecule has 3 rings (SSSR count). The SMILES string of the molecule is COc1cc(/C=C/C(=O)CC(=O)/C=C/c2ccc(O)c(OCCCCS(=O)(=O)c3ccc(C)cc3)c2)ccc1O. The minimum absolute atomic E-state index is 0.00661. The van der Waals surface area contributed by atoms with Crippen molar-refractivity contribution in [1.29, 1.82) is 0 Å². The first-order valence-electron chi connectivity index (χ1n) is 12.6. The van der Waals surface area contributed by atoms with Gasteiger partial charge in [-0.2, -0.15) is 0 Å². The number of ketones is 2. The highest BCUT2D eigenvalue weighted by atomic mass is 32.2. The lowest BCUT2D eigenvalue weighted by atomic mass is 10.1. The van der Waals surface area contributed by atoms with Crippen molar-refractivity contribution in [1.82, 2.24) is 0 Å². The molecule has 0 aromatic heterocycles. The van der Waals surface area contributed by atoms with Gasteiger partial charge in [-0.1, -0.05) is 42.0 Å². The van der Waals surface area contributed by atoms with Crippen LogP contribution < -0.4 is 9.47 Å². The summed E-state index contributed by atoms with van der Waals surface area (Å²) >= 11 is 0. The predicted molar refractivity (Wildman–Crippen MR) is 153 cm³/mol. The van der Waals surface area contributed by atoms with Gasteiger partial charge in [0.2, 0.25) is 0 Å². The van der Waals surface area contributed by atoms with E-state index in [-0.39, 0.29) is 47.6 Å². The van der Waals surface area contributed by atoms with Crippen LogP contribution >= 0.6 is 0 Å². The Balaban J connectivity index is 1.47. The quantitative estimate of drug-likeness (QED) is 0.153. The van der Waals surface area contributed by atoms with E-state index in [0.717, 1.165) is 5.56 Å². The van der Waals surface area contributed by atoms with E-state index in [0.29, 0.717) is 28.9 Å². The van der Waals surface area contributed by atoms with E-state index >= 15 is 0 Å². The molecule has 2 N–H and O–H groups in total. The van der Waals surface area contributed by atoms with Crippen LogP contribution in [0.2, 0.25) is 0 Å². The van der Waals surface area contributed by atoms with Crippen LogP contribution in [-0.2, 0) is 19.4 Å². The lowest BCUT2D eigenvalue weighted by Gasteiger charge is -2.09. The van der Waals surface area contributed by atoms with Crippen molar-refractivity contribution in [2.45, 2.75) is 31.1 Å². The van der Waals surface area contributed by atoms with E-state index in [1.807, 2.05) is 6.92 Å². The molecule has 40 heavy (non-hydrogen) atoms. The van der Waals surface area contributed by atoms with Crippen LogP contribution in [-0.4, -0.2) is 49.7 Å². The molecular weight excluding hydrogens is 532 g/mol. The highest BCUT2D eigenvalue weighted by Gasteiger charge is 2.14. The van der Waals surface area contributed by atoms with Crippen LogP contribution in [0.15, 0.2) is 77.7 Å². The van der Waals surface area contributed by atoms with Crippen LogP contribution in [0.1, 0.15) is 36.0 Å². The fourth-order valence-electron chi connectivity index (χ4n) is 3.66. The first-order chi connectivity index (χ1) is 19.1. The maximum absolute atomic E-state index is 12.5. The van der Waals surface area contributed by atoms with Crippen LogP contribution in [0.5, 0.6) is 23.0 Å². The molecule has 0 aliphatic rings. The molecule has 8 nitrogen and oxygen atoms in total. The van der Waals surface area contributed by atoms with Gasteiger partial charge in [0.15, 0.2) is 44.4 Å². The van der Waals surface area contributed by atoms with Gasteiger partial charge in [0, 0.05) is 0 Å². The first kappa shape index (κ1) is 30.2. The second kappa shape index (κ2) is 14.1. The van der Waals surface area contributed by atoms with Gasteiger partial charge in [0.25, 0.3) is 0 Å². The van der Waals surface area contributed by atoms with Crippen molar-refractivity contribution in [3.05, 3.63) is 89.5 Å². The highest BCUT2D eigenvalue weighted by molar-refractivity contribution is 7.91. The fraction of sp³-hybridized carbons (Fsp3) is 0.226. The molecule has 0 bridgehead atoms. The van der Waals surface area contributed by atoms with Gasteiger partial charge in [-0.25, -0.2) is 8.42 Å². The summed E-state index contributed by atoms with van der Waals surface area (Å²) in [6.07, 6.45) is 6.16. The Morgan fingerprint density at radius 3 is 1.93 bits per heavy atom. The van der Waals surface area contributed by atoms with Gasteiger partial charge in [-0.15, -0.1) is 0 Å². The Hall–Kier alpha value is -4.37. The molecule has 0 heterocycles. The average Bonchev–Trinajstić information content (AvgIpc) is 2.92. The number of unbranched alkanes of at least 4 members (excludes halogenated alkanes) is 1. The number of carbonyl (C=O) groups is 2. The van der Waals surface area contributed by atoms with Crippen LogP contribution in [0.25, 0.3) is 12.2 Å². The van der Waals surface area contributed by atoms with Crippen LogP contribution in [0, 0.1) is 6.92 Å². The van der Waals surface area contributed by atoms with E-state index < -0.39 is 15.6 Å². The molecule has 0 fully saturated rings. The highest BCUT2D eigenvalue weighted by Crippen LogP contribution is 2.28. The number of aryl methyl sites for hydroxylation is 1. The molecule has 3 aromatic rings. The topological polar surface area (TPSA) is 127 Å². The zero-order chi connectivity index (χ0) is 29.1. The fourth-order valence-corrected chi connectivity index (χ4v) is 5.03. The third kappa shape index (κ3) is 9.13. The van der Waals surface area contributed by atoms with Crippen molar-refractivity contribution in [2.75, 3.05) is 19.5 Å². The van der Waals surface area contributed by atoms with Crippen molar-refractivity contribution < 1.29 is 37.7 Å². The molecule has 3 aromatic carbocycles. The van der Waals surface area contributed by atoms with E-state index in [9.17, 15) is 28.2 Å². The van der Waals surface area contributed by atoms with Crippen LogP contribution in [0.3, 0.4) is 0 Å². The van der Waals surface area contributed by atoms with Gasteiger partial charge >= 0.3 is 0 Å². The third-order valence-corrected chi connectivity index (χ3v) is 7.72. The number of ether oxygens (including phenoxy) is 2. The molecule has 0 amide bonds. The lowest BCUT2D eigenvalue weighted by molar-refractivity contribution is -0.121. The molecule has 0 unspecified atom stereocenters. The van der Waals surface area contributed by atoms with Crippen molar-refractivity contribution in [3.63, 3.8) is 0 Å². The maximum atomic E-state index is 12.5. The molecule has 0 saturated heterocycles. The number of hydrogen-bond donors (Lipinski definition) is 2. The summed E-state index contributed by atoms with van der Waals surface area (Å²) in [5, 5.41) is 19.7. The number of hydrogen-bond acceptors (Lipinski definition) is 8. The monoisotopic (exact) mass is 564 g/mol. The minimum Gasteiger partial charge on any atom is -0.504 e. The number of benzene rings is 3. The maximum Gasteiger partial charge on any atom is 0.178 e. The number of allylic oxidation sites excluding steroid dienone is 2. The largest absolute Gasteiger partial charge is 0.504 e. The molecule has 9 heteroatoms. The van der Waals surface area contributed by atoms with E-state index in [1.165, 1.54) is 43.5 Å². The van der Waals surface area contributed by atoms with Gasteiger partial charge in [0.1, 0.15) is 0 Å². The molecule has 0 aliphatic carbocycles. The zero-order valence-corrected chi connectivity index (χ0v) is 23.2. The third-order valence-electron chi connectivity index (χ3n) is 5.90. The Labute approximate surface area is 234 Å². The smallest absolute Gasteiger partial charge is 0.178 e. The second-order valence-corrected chi connectivity index (χ2v) is 11.2. The van der Waals surface area contributed by atoms with E-state index in [2.05, 4.69) is 0 Å². The Kier molecular flexibility index (Phi) is 10.7. The number of sulfone groups is 1. The number of phenols is 2. The normalized spacial score (nSPS) is 11.7. The molecule has 0 radical (unpaired) electrons. The zero-order valence-electron chi connectivity index (χ0n) is 22.4. The van der Waals surface area contributed by atoms with Crippen molar-refractivity contribution in [2.24, 2.45) is 0 Å². The van der Waals surface area contributed by atoms with Gasteiger partial charge in [-0.3, -0.25) is 9.59 Å². The molecule has 0 spiro atoms. The number of phenolic OH excluding ortho intramolecular Hbond substituents is 2. The van der Waals surface area contributed by atoms with E-state index in [1.54, 1.807) is 48.5 Å². The van der Waals surface area contributed by atoms with E-state index in [4.69, 9.17) is 9.47 Å². The summed E-state index contributed by atoms with van der Waals surface area (Å²) in [6.45, 7) is 2.10. The van der Waals surface area contributed by atoms with Crippen LogP contribution in [0.4, 0.5) is 0 Å². The minimum atomic E-state index is -3.37. The summed E-state index contributed by atoms with van der Waals surface area (Å²) in [4.78, 5) is 24.7. The Morgan fingerprint density at radius 1 is 0.800 bits per heavy atom. The van der Waals surface area contributed by atoms with Gasteiger partial charge in [0.05, 0.1) is 30.8 Å². The molecule has 0 saturated carbocycles. The first-order valence-corrected chi connectivity index (χ1v) is 14.3. The Bertz CT molecular complexity index is 1500. The Morgan fingerprint density at radius 2 is 1.35 bits per heavy atom. The summed E-state index contributed by atoms with van der Waals surface area (Å²) in [7, 11) is -1.95. The standard InChI is InChI=1S/C31H32O8S/c1-22-5-13-27(14-6-22)40(36,37)18-4-3-17-39-31-20-24(10-16-29(31)35)8-12-26(33)21-25(32)11-7-23-9-15-28(34)30(19-23)38-2/h5-16,19-20,34-35H,3-4,17-18,21H2,1-2H3/b11-7+,12-8+. The van der Waals surface area contributed by atoms with Crippen molar-refractivity contribution >= 4 is 33.6 Å². The number of rotatable bonds is 14. The molecule has 210 valence electrons. The summed E-state index contributed by atoms with van der Waals surface area (Å²) in [5.41, 5.74) is 2.21.